The first-order chi connectivity index (χ1) is 7.70. The fraction of sp³-hybridized carbons (Fsp3) is 0. The molecule has 0 bridgehead atoms. The SMILES string of the molecule is O=[N+]([O-])c1cncc(O)c1-c1ccccc1. The molecule has 2 rings (SSSR count). The van der Waals surface area contributed by atoms with Crippen molar-refractivity contribution in [3.8, 4) is 16.9 Å². The van der Waals surface area contributed by atoms with Gasteiger partial charge in [-0.15, -0.1) is 0 Å². The molecule has 0 fully saturated rings. The van der Waals surface area contributed by atoms with E-state index in [9.17, 15) is 15.2 Å². The van der Waals surface area contributed by atoms with Gasteiger partial charge in [-0.2, -0.15) is 0 Å². The number of hydrogen-bond donors (Lipinski definition) is 1. The van der Waals surface area contributed by atoms with Crippen molar-refractivity contribution in [3.05, 3.63) is 52.8 Å². The van der Waals surface area contributed by atoms with E-state index in [-0.39, 0.29) is 17.0 Å². The summed E-state index contributed by atoms with van der Waals surface area (Å²) in [4.78, 5) is 13.8. The lowest BCUT2D eigenvalue weighted by molar-refractivity contribution is -0.384. The first kappa shape index (κ1) is 10.1. The van der Waals surface area contributed by atoms with E-state index in [1.54, 1.807) is 30.3 Å². The van der Waals surface area contributed by atoms with Gasteiger partial charge in [0.05, 0.1) is 11.1 Å². The lowest BCUT2D eigenvalue weighted by atomic mass is 10.0. The predicted molar refractivity (Wildman–Crippen MR) is 58.0 cm³/mol. The van der Waals surface area contributed by atoms with Gasteiger partial charge in [-0.3, -0.25) is 15.1 Å². The van der Waals surface area contributed by atoms with Crippen LogP contribution in [0.5, 0.6) is 5.75 Å². The van der Waals surface area contributed by atoms with E-state index in [1.807, 2.05) is 0 Å². The van der Waals surface area contributed by atoms with Crippen molar-refractivity contribution in [1.29, 1.82) is 0 Å². The Morgan fingerprint density at radius 3 is 2.50 bits per heavy atom. The zero-order valence-corrected chi connectivity index (χ0v) is 8.20. The van der Waals surface area contributed by atoms with Crippen LogP contribution < -0.4 is 0 Å². The summed E-state index contributed by atoms with van der Waals surface area (Å²) in [5.74, 6) is -0.194. The summed E-state index contributed by atoms with van der Waals surface area (Å²) < 4.78 is 0. The number of nitrogens with zero attached hydrogens (tertiary/aromatic N) is 2. The molecule has 0 spiro atoms. The maximum atomic E-state index is 10.8. The molecular weight excluding hydrogens is 208 g/mol. The highest BCUT2D eigenvalue weighted by Crippen LogP contribution is 2.35. The number of aromatic hydroxyl groups is 1. The second-order valence-electron chi connectivity index (χ2n) is 3.18. The molecule has 0 aliphatic rings. The molecular formula is C11H8N2O3. The molecule has 2 aromatic rings. The summed E-state index contributed by atoms with van der Waals surface area (Å²) >= 11 is 0. The Morgan fingerprint density at radius 1 is 1.19 bits per heavy atom. The molecule has 1 aromatic heterocycles. The topological polar surface area (TPSA) is 76.3 Å². The zero-order valence-electron chi connectivity index (χ0n) is 8.20. The van der Waals surface area contributed by atoms with Crippen LogP contribution in [0.2, 0.25) is 0 Å². The molecule has 80 valence electrons. The number of pyridine rings is 1. The Hall–Kier alpha value is -2.43. The molecule has 0 saturated heterocycles. The quantitative estimate of drug-likeness (QED) is 0.617. The van der Waals surface area contributed by atoms with Crippen molar-refractivity contribution in [2.45, 2.75) is 0 Å². The van der Waals surface area contributed by atoms with Crippen molar-refractivity contribution < 1.29 is 10.0 Å². The third-order valence-electron chi connectivity index (χ3n) is 2.17. The molecule has 0 aliphatic carbocycles. The summed E-state index contributed by atoms with van der Waals surface area (Å²) in [7, 11) is 0. The number of benzene rings is 1. The van der Waals surface area contributed by atoms with Gasteiger partial charge < -0.3 is 5.11 Å². The van der Waals surface area contributed by atoms with E-state index in [1.165, 1.54) is 6.20 Å². The highest BCUT2D eigenvalue weighted by molar-refractivity contribution is 5.78. The molecule has 1 N–H and O–H groups in total. The van der Waals surface area contributed by atoms with Crippen molar-refractivity contribution in [3.63, 3.8) is 0 Å². The van der Waals surface area contributed by atoms with Crippen LogP contribution in [0.15, 0.2) is 42.7 Å². The molecule has 0 unspecified atom stereocenters. The third kappa shape index (κ3) is 1.70. The molecule has 5 nitrogen and oxygen atoms in total. The minimum Gasteiger partial charge on any atom is -0.505 e. The van der Waals surface area contributed by atoms with Crippen molar-refractivity contribution in [1.82, 2.24) is 4.98 Å². The van der Waals surface area contributed by atoms with E-state index in [0.717, 1.165) is 6.20 Å². The normalized spacial score (nSPS) is 10.0. The number of hydrogen-bond acceptors (Lipinski definition) is 4. The summed E-state index contributed by atoms with van der Waals surface area (Å²) in [5.41, 5.74) is 0.584. The van der Waals surface area contributed by atoms with Gasteiger partial charge in [-0.05, 0) is 5.56 Å². The van der Waals surface area contributed by atoms with Crippen LogP contribution in [0.25, 0.3) is 11.1 Å². The maximum Gasteiger partial charge on any atom is 0.299 e. The van der Waals surface area contributed by atoms with Gasteiger partial charge >= 0.3 is 0 Å². The maximum absolute atomic E-state index is 10.8. The van der Waals surface area contributed by atoms with Crippen LogP contribution in [0, 0.1) is 10.1 Å². The average molecular weight is 216 g/mol. The Bertz CT molecular complexity index is 526. The lowest BCUT2D eigenvalue weighted by Crippen LogP contribution is -1.93. The molecule has 1 heterocycles. The molecule has 1 aromatic carbocycles. The fourth-order valence-electron chi connectivity index (χ4n) is 1.48. The Kier molecular flexibility index (Phi) is 2.51. The van der Waals surface area contributed by atoms with Crippen LogP contribution in [0.3, 0.4) is 0 Å². The molecule has 0 radical (unpaired) electrons. The van der Waals surface area contributed by atoms with Gasteiger partial charge in [0.2, 0.25) is 0 Å². The standard InChI is InChI=1S/C11H8N2O3/c14-10-7-12-6-9(13(15)16)11(10)8-4-2-1-3-5-8/h1-7,14H. The van der Waals surface area contributed by atoms with Gasteiger partial charge in [0, 0.05) is 0 Å². The monoisotopic (exact) mass is 216 g/mol. The molecule has 0 atom stereocenters. The molecule has 0 saturated carbocycles. The van der Waals surface area contributed by atoms with Crippen LogP contribution >= 0.6 is 0 Å². The van der Waals surface area contributed by atoms with Gasteiger partial charge in [-0.1, -0.05) is 30.3 Å². The first-order valence-corrected chi connectivity index (χ1v) is 4.57. The van der Waals surface area contributed by atoms with E-state index < -0.39 is 4.92 Å². The number of rotatable bonds is 2. The first-order valence-electron chi connectivity index (χ1n) is 4.57. The van der Waals surface area contributed by atoms with E-state index >= 15 is 0 Å². The molecule has 5 heteroatoms. The molecule has 0 aliphatic heterocycles. The predicted octanol–water partition coefficient (Wildman–Crippen LogP) is 2.36. The fourth-order valence-corrected chi connectivity index (χ4v) is 1.48. The zero-order chi connectivity index (χ0) is 11.5. The summed E-state index contributed by atoms with van der Waals surface area (Å²) in [6.45, 7) is 0. The summed E-state index contributed by atoms with van der Waals surface area (Å²) in [6, 6.07) is 8.69. The number of aromatic nitrogens is 1. The van der Waals surface area contributed by atoms with Crippen LogP contribution in [-0.4, -0.2) is 15.0 Å². The minimum absolute atomic E-state index is 0.194. The summed E-state index contributed by atoms with van der Waals surface area (Å²) in [6.07, 6.45) is 2.32. The Balaban J connectivity index is 2.68. The van der Waals surface area contributed by atoms with Gasteiger partial charge in [-0.25, -0.2) is 0 Å². The van der Waals surface area contributed by atoms with E-state index in [0.29, 0.717) is 5.56 Å². The average Bonchev–Trinajstić information content (AvgIpc) is 2.29. The second kappa shape index (κ2) is 3.98. The smallest absolute Gasteiger partial charge is 0.299 e. The largest absolute Gasteiger partial charge is 0.505 e. The van der Waals surface area contributed by atoms with E-state index in [4.69, 9.17) is 0 Å². The van der Waals surface area contributed by atoms with Crippen molar-refractivity contribution >= 4 is 5.69 Å². The Morgan fingerprint density at radius 2 is 1.88 bits per heavy atom. The van der Waals surface area contributed by atoms with Crippen molar-refractivity contribution in [2.75, 3.05) is 0 Å². The van der Waals surface area contributed by atoms with Crippen LogP contribution in [-0.2, 0) is 0 Å². The van der Waals surface area contributed by atoms with Gasteiger partial charge in [0.15, 0.2) is 0 Å². The minimum atomic E-state index is -0.560. The highest BCUT2D eigenvalue weighted by atomic mass is 16.6. The van der Waals surface area contributed by atoms with E-state index in [2.05, 4.69) is 4.98 Å². The highest BCUT2D eigenvalue weighted by Gasteiger charge is 2.19. The Labute approximate surface area is 91.2 Å². The van der Waals surface area contributed by atoms with Crippen LogP contribution in [0.4, 0.5) is 5.69 Å². The molecule has 0 amide bonds. The van der Waals surface area contributed by atoms with Gasteiger partial charge in [0.25, 0.3) is 5.69 Å². The third-order valence-corrected chi connectivity index (χ3v) is 2.17. The summed E-state index contributed by atoms with van der Waals surface area (Å²) in [5, 5.41) is 20.4. The van der Waals surface area contributed by atoms with Crippen LogP contribution in [0.1, 0.15) is 0 Å². The van der Waals surface area contributed by atoms with Crippen molar-refractivity contribution in [2.24, 2.45) is 0 Å². The molecule has 16 heavy (non-hydrogen) atoms. The number of nitro groups is 1. The van der Waals surface area contributed by atoms with Gasteiger partial charge in [0.1, 0.15) is 17.5 Å². The lowest BCUT2D eigenvalue weighted by Gasteiger charge is -2.04. The second-order valence-corrected chi connectivity index (χ2v) is 3.18.